The maximum absolute atomic E-state index is 2.43. The smallest absolute Gasteiger partial charge is 0.0541 e. The monoisotopic (exact) mass is 512 g/mol. The lowest BCUT2D eigenvalue weighted by Crippen LogP contribution is -1.94. The standard InChI is InChI=1S/C38H28N2/c1-2-39-35-14-8-6-12-31(35)33-22-18-29(25-38(33)39)28-19-23-37-34(24-28)32-13-7-9-15-36(32)40(37)30-20-16-27(17-21-30)26-10-4-3-5-11-26/h3-25H,2H2,1H3. The van der Waals surface area contributed by atoms with Crippen LogP contribution in [0.2, 0.25) is 0 Å². The van der Waals surface area contributed by atoms with Gasteiger partial charge in [0.15, 0.2) is 0 Å². The number of aromatic nitrogens is 2. The lowest BCUT2D eigenvalue weighted by molar-refractivity contribution is 0.827. The summed E-state index contributed by atoms with van der Waals surface area (Å²) in [5.74, 6) is 0. The third-order valence-corrected chi connectivity index (χ3v) is 8.33. The Hall–Kier alpha value is -5.08. The van der Waals surface area contributed by atoms with Crippen LogP contribution in [0.25, 0.3) is 71.6 Å². The average molecular weight is 513 g/mol. The van der Waals surface area contributed by atoms with Gasteiger partial charge in [-0.3, -0.25) is 0 Å². The van der Waals surface area contributed by atoms with Crippen LogP contribution in [0.3, 0.4) is 0 Å². The normalized spacial score (nSPS) is 11.7. The van der Waals surface area contributed by atoms with Crippen molar-refractivity contribution in [2.75, 3.05) is 0 Å². The molecule has 2 heteroatoms. The fraction of sp³-hybridized carbons (Fsp3) is 0.0526. The Morgan fingerprint density at radius 1 is 0.400 bits per heavy atom. The Balaban J connectivity index is 1.29. The summed E-state index contributed by atoms with van der Waals surface area (Å²) in [5.41, 5.74) is 11.2. The highest BCUT2D eigenvalue weighted by Crippen LogP contribution is 2.37. The SMILES string of the molecule is CCn1c2ccccc2c2ccc(-c3ccc4c(c3)c3ccccc3n4-c3ccc(-c4ccccc4)cc3)cc21. The number of aryl methyl sites for hydroxylation is 1. The quantitative estimate of drug-likeness (QED) is 0.222. The van der Waals surface area contributed by atoms with E-state index in [0.717, 1.165) is 6.54 Å². The van der Waals surface area contributed by atoms with Gasteiger partial charge < -0.3 is 9.13 Å². The Bertz CT molecular complexity index is 2180. The second kappa shape index (κ2) is 9.00. The molecule has 2 aromatic heterocycles. The molecule has 8 rings (SSSR count). The first-order valence-corrected chi connectivity index (χ1v) is 14.0. The molecule has 2 nitrogen and oxygen atoms in total. The molecule has 0 saturated carbocycles. The second-order valence-electron chi connectivity index (χ2n) is 10.5. The van der Waals surface area contributed by atoms with Crippen molar-refractivity contribution < 1.29 is 0 Å². The van der Waals surface area contributed by atoms with Crippen LogP contribution in [0, 0.1) is 0 Å². The van der Waals surface area contributed by atoms with Crippen molar-refractivity contribution >= 4 is 43.6 Å². The van der Waals surface area contributed by atoms with Crippen molar-refractivity contribution in [1.29, 1.82) is 0 Å². The second-order valence-corrected chi connectivity index (χ2v) is 10.5. The molecule has 0 aliphatic heterocycles. The molecule has 0 fully saturated rings. The van der Waals surface area contributed by atoms with Crippen LogP contribution < -0.4 is 0 Å². The topological polar surface area (TPSA) is 9.86 Å². The summed E-state index contributed by atoms with van der Waals surface area (Å²) in [6.45, 7) is 3.18. The molecule has 8 aromatic rings. The van der Waals surface area contributed by atoms with E-state index in [9.17, 15) is 0 Å². The van der Waals surface area contributed by atoms with Crippen molar-refractivity contribution in [2.24, 2.45) is 0 Å². The maximum atomic E-state index is 2.43. The van der Waals surface area contributed by atoms with E-state index < -0.39 is 0 Å². The van der Waals surface area contributed by atoms with E-state index in [-0.39, 0.29) is 0 Å². The number of nitrogens with zero attached hydrogens (tertiary/aromatic N) is 2. The van der Waals surface area contributed by atoms with Crippen LogP contribution in [0.5, 0.6) is 0 Å². The van der Waals surface area contributed by atoms with Crippen LogP contribution in [0.4, 0.5) is 0 Å². The molecule has 0 radical (unpaired) electrons. The summed E-state index contributed by atoms with van der Waals surface area (Å²) in [7, 11) is 0. The highest BCUT2D eigenvalue weighted by molar-refractivity contribution is 6.12. The van der Waals surface area contributed by atoms with E-state index in [0.29, 0.717) is 0 Å². The third-order valence-electron chi connectivity index (χ3n) is 8.33. The highest BCUT2D eigenvalue weighted by Gasteiger charge is 2.15. The van der Waals surface area contributed by atoms with Crippen molar-refractivity contribution in [3.05, 3.63) is 140 Å². The Morgan fingerprint density at radius 2 is 0.950 bits per heavy atom. The predicted octanol–water partition coefficient (Wildman–Crippen LogP) is 10.2. The van der Waals surface area contributed by atoms with Gasteiger partial charge in [0.25, 0.3) is 0 Å². The van der Waals surface area contributed by atoms with Gasteiger partial charge in [-0.2, -0.15) is 0 Å². The summed E-state index contributed by atoms with van der Waals surface area (Å²) in [4.78, 5) is 0. The number of fused-ring (bicyclic) bond motifs is 6. The first-order chi connectivity index (χ1) is 19.8. The lowest BCUT2D eigenvalue weighted by Gasteiger charge is -2.10. The number of hydrogen-bond donors (Lipinski definition) is 0. The number of hydrogen-bond acceptors (Lipinski definition) is 0. The van der Waals surface area contributed by atoms with Crippen molar-refractivity contribution in [2.45, 2.75) is 13.5 Å². The summed E-state index contributed by atoms with van der Waals surface area (Å²) >= 11 is 0. The fourth-order valence-electron chi connectivity index (χ4n) is 6.43. The van der Waals surface area contributed by atoms with Crippen molar-refractivity contribution in [3.8, 4) is 27.9 Å². The Morgan fingerprint density at radius 3 is 1.73 bits per heavy atom. The third kappa shape index (κ3) is 3.43. The molecule has 0 N–H and O–H groups in total. The molecule has 0 bridgehead atoms. The summed E-state index contributed by atoms with van der Waals surface area (Å²) in [6, 6.07) is 50.8. The van der Waals surface area contributed by atoms with Crippen LogP contribution in [-0.4, -0.2) is 9.13 Å². The van der Waals surface area contributed by atoms with Crippen LogP contribution in [-0.2, 0) is 6.54 Å². The van der Waals surface area contributed by atoms with Gasteiger partial charge >= 0.3 is 0 Å². The van der Waals surface area contributed by atoms with Gasteiger partial charge in [0.1, 0.15) is 0 Å². The molecule has 0 aliphatic rings. The average Bonchev–Trinajstić information content (AvgIpc) is 3.53. The van der Waals surface area contributed by atoms with Crippen LogP contribution >= 0.6 is 0 Å². The zero-order chi connectivity index (χ0) is 26.6. The highest BCUT2D eigenvalue weighted by atomic mass is 15.0. The Labute approximate surface area is 233 Å². The maximum Gasteiger partial charge on any atom is 0.0541 e. The van der Waals surface area contributed by atoms with E-state index in [1.165, 1.54) is 71.6 Å². The van der Waals surface area contributed by atoms with Gasteiger partial charge in [-0.15, -0.1) is 0 Å². The summed E-state index contributed by atoms with van der Waals surface area (Å²) < 4.78 is 4.82. The van der Waals surface area contributed by atoms with Gasteiger partial charge in [-0.05, 0) is 71.6 Å². The molecule has 0 unspecified atom stereocenters. The zero-order valence-corrected chi connectivity index (χ0v) is 22.4. The molecular weight excluding hydrogens is 484 g/mol. The molecule has 0 aliphatic carbocycles. The molecule has 0 atom stereocenters. The minimum absolute atomic E-state index is 0.947. The van der Waals surface area contributed by atoms with Crippen LogP contribution in [0.1, 0.15) is 6.92 Å². The Kier molecular flexibility index (Phi) is 5.14. The number of rotatable bonds is 4. The molecule has 0 amide bonds. The number of para-hydroxylation sites is 2. The summed E-state index contributed by atoms with van der Waals surface area (Å²) in [5, 5.41) is 5.19. The van der Waals surface area contributed by atoms with Crippen molar-refractivity contribution in [3.63, 3.8) is 0 Å². The fourth-order valence-corrected chi connectivity index (χ4v) is 6.43. The predicted molar refractivity (Wildman–Crippen MR) is 170 cm³/mol. The molecule has 6 aromatic carbocycles. The minimum Gasteiger partial charge on any atom is -0.341 e. The van der Waals surface area contributed by atoms with Gasteiger partial charge in [0.2, 0.25) is 0 Å². The number of benzene rings is 6. The van der Waals surface area contributed by atoms with E-state index >= 15 is 0 Å². The molecular formula is C38H28N2. The minimum atomic E-state index is 0.947. The van der Waals surface area contributed by atoms with Gasteiger partial charge in [0, 0.05) is 44.8 Å². The molecule has 190 valence electrons. The van der Waals surface area contributed by atoms with Gasteiger partial charge in [-0.25, -0.2) is 0 Å². The van der Waals surface area contributed by atoms with E-state index in [1.54, 1.807) is 0 Å². The molecule has 40 heavy (non-hydrogen) atoms. The van der Waals surface area contributed by atoms with Crippen LogP contribution in [0.15, 0.2) is 140 Å². The van der Waals surface area contributed by atoms with E-state index in [2.05, 4.69) is 156 Å². The molecule has 0 saturated heterocycles. The van der Waals surface area contributed by atoms with Gasteiger partial charge in [-0.1, -0.05) is 97.1 Å². The first-order valence-electron chi connectivity index (χ1n) is 14.0. The van der Waals surface area contributed by atoms with E-state index in [1.807, 2.05) is 0 Å². The lowest BCUT2D eigenvalue weighted by atomic mass is 10.0. The largest absolute Gasteiger partial charge is 0.341 e. The zero-order valence-electron chi connectivity index (χ0n) is 22.4. The first kappa shape index (κ1) is 22.9. The molecule has 2 heterocycles. The van der Waals surface area contributed by atoms with Gasteiger partial charge in [0.05, 0.1) is 11.0 Å². The molecule has 0 spiro atoms. The van der Waals surface area contributed by atoms with Crippen molar-refractivity contribution in [1.82, 2.24) is 9.13 Å². The van der Waals surface area contributed by atoms with E-state index in [4.69, 9.17) is 0 Å². The summed E-state index contributed by atoms with van der Waals surface area (Å²) in [6.07, 6.45) is 0.